The predicted octanol–water partition coefficient (Wildman–Crippen LogP) is 3.78. The zero-order chi connectivity index (χ0) is 17.0. The van der Waals surface area contributed by atoms with Crippen molar-refractivity contribution in [1.82, 2.24) is 10.3 Å². The molecule has 0 aliphatic rings. The number of carbonyl (C=O) groups is 2. The third-order valence-corrected chi connectivity index (χ3v) is 3.40. The minimum atomic E-state index is -0.464. The van der Waals surface area contributed by atoms with Crippen LogP contribution in [0.4, 0.5) is 5.69 Å². The van der Waals surface area contributed by atoms with E-state index in [4.69, 9.17) is 23.2 Å². The summed E-state index contributed by atoms with van der Waals surface area (Å²) in [5.41, 5.74) is 0.897. The van der Waals surface area contributed by atoms with Crippen molar-refractivity contribution in [3.8, 4) is 0 Å². The largest absolute Gasteiger partial charge is 0.350 e. The van der Waals surface area contributed by atoms with Gasteiger partial charge < -0.3 is 10.6 Å². The van der Waals surface area contributed by atoms with Crippen LogP contribution in [0.15, 0.2) is 36.5 Å². The van der Waals surface area contributed by atoms with Crippen LogP contribution in [0.3, 0.4) is 0 Å². The third kappa shape index (κ3) is 4.68. The van der Waals surface area contributed by atoms with Crippen molar-refractivity contribution in [3.63, 3.8) is 0 Å². The van der Waals surface area contributed by atoms with Gasteiger partial charge in [-0.1, -0.05) is 23.2 Å². The maximum absolute atomic E-state index is 12.3. The van der Waals surface area contributed by atoms with Crippen molar-refractivity contribution >= 4 is 40.7 Å². The highest BCUT2D eigenvalue weighted by molar-refractivity contribution is 6.36. The molecule has 0 saturated heterocycles. The molecule has 2 N–H and O–H groups in total. The highest BCUT2D eigenvalue weighted by Gasteiger charge is 2.14. The molecule has 0 aliphatic carbocycles. The number of hydrogen-bond donors (Lipinski definition) is 2. The minimum Gasteiger partial charge on any atom is -0.350 e. The lowest BCUT2D eigenvalue weighted by Gasteiger charge is -2.10. The van der Waals surface area contributed by atoms with Crippen LogP contribution in [0, 0.1) is 0 Å². The molecular weight excluding hydrogens is 337 g/mol. The summed E-state index contributed by atoms with van der Waals surface area (Å²) in [6, 6.07) is 7.71. The van der Waals surface area contributed by atoms with Gasteiger partial charge in [0.25, 0.3) is 11.8 Å². The Bertz CT molecular complexity index is 748. The molecule has 7 heteroatoms. The molecule has 1 aromatic carbocycles. The molecule has 2 aromatic rings. The number of hydrogen-bond acceptors (Lipinski definition) is 3. The Kier molecular flexibility index (Phi) is 5.58. The number of carbonyl (C=O) groups excluding carboxylic acids is 2. The van der Waals surface area contributed by atoms with Crippen LogP contribution in [0.2, 0.25) is 10.0 Å². The molecule has 0 bridgehead atoms. The van der Waals surface area contributed by atoms with Gasteiger partial charge in [-0.25, -0.2) is 0 Å². The lowest BCUT2D eigenvalue weighted by Crippen LogP contribution is -2.30. The summed E-state index contributed by atoms with van der Waals surface area (Å²) in [5, 5.41) is 6.18. The molecule has 0 fully saturated rings. The first-order chi connectivity index (χ1) is 10.9. The van der Waals surface area contributed by atoms with Crippen molar-refractivity contribution in [3.05, 3.63) is 57.8 Å². The molecule has 0 radical (unpaired) electrons. The number of nitrogens with zero attached hydrogens (tertiary/aromatic N) is 1. The summed E-state index contributed by atoms with van der Waals surface area (Å²) in [7, 11) is 0. The molecule has 0 saturated carbocycles. The molecule has 120 valence electrons. The summed E-state index contributed by atoms with van der Waals surface area (Å²) in [5.74, 6) is -0.727. The Labute approximate surface area is 144 Å². The second-order valence-corrected chi connectivity index (χ2v) is 5.98. The van der Waals surface area contributed by atoms with E-state index in [0.717, 1.165) is 0 Å². The second-order valence-electron chi connectivity index (χ2n) is 5.14. The van der Waals surface area contributed by atoms with Crippen LogP contribution < -0.4 is 10.6 Å². The standard InChI is InChI=1S/C16H15Cl2N3O2/c1-9(2)20-15(22)10-5-6-19-14(7-10)16(23)21-13-4-3-11(17)8-12(13)18/h3-9H,1-2H3,(H,20,22)(H,21,23). The smallest absolute Gasteiger partial charge is 0.274 e. The first-order valence-corrected chi connectivity index (χ1v) is 7.65. The Morgan fingerprint density at radius 2 is 1.83 bits per heavy atom. The van der Waals surface area contributed by atoms with Gasteiger partial charge in [0, 0.05) is 22.8 Å². The van der Waals surface area contributed by atoms with Gasteiger partial charge in [-0.3, -0.25) is 14.6 Å². The second kappa shape index (κ2) is 7.44. The van der Waals surface area contributed by atoms with Crippen LogP contribution in [-0.4, -0.2) is 22.8 Å². The van der Waals surface area contributed by atoms with E-state index in [9.17, 15) is 9.59 Å². The molecule has 0 unspecified atom stereocenters. The fourth-order valence-corrected chi connectivity index (χ4v) is 2.27. The molecule has 2 rings (SSSR count). The van der Waals surface area contributed by atoms with Crippen LogP contribution >= 0.6 is 23.2 Å². The summed E-state index contributed by atoms with van der Waals surface area (Å²) in [6.45, 7) is 3.71. The van der Waals surface area contributed by atoms with Crippen LogP contribution in [0.25, 0.3) is 0 Å². The van der Waals surface area contributed by atoms with Crippen LogP contribution in [0.5, 0.6) is 0 Å². The van der Waals surface area contributed by atoms with Crippen molar-refractivity contribution in [2.45, 2.75) is 19.9 Å². The molecular formula is C16H15Cl2N3O2. The van der Waals surface area contributed by atoms with Gasteiger partial charge in [-0.2, -0.15) is 0 Å². The van der Waals surface area contributed by atoms with E-state index in [1.54, 1.807) is 18.2 Å². The van der Waals surface area contributed by atoms with Crippen molar-refractivity contribution in [2.75, 3.05) is 5.32 Å². The number of amides is 2. The first-order valence-electron chi connectivity index (χ1n) is 6.90. The maximum Gasteiger partial charge on any atom is 0.274 e. The van der Waals surface area contributed by atoms with E-state index >= 15 is 0 Å². The lowest BCUT2D eigenvalue weighted by molar-refractivity contribution is 0.0943. The summed E-state index contributed by atoms with van der Waals surface area (Å²) < 4.78 is 0. The van der Waals surface area contributed by atoms with Gasteiger partial charge in [0.2, 0.25) is 0 Å². The summed E-state index contributed by atoms with van der Waals surface area (Å²) in [4.78, 5) is 28.2. The number of benzene rings is 1. The van der Waals surface area contributed by atoms with Gasteiger partial charge in [0.15, 0.2) is 0 Å². The van der Waals surface area contributed by atoms with E-state index in [2.05, 4.69) is 15.6 Å². The molecule has 0 spiro atoms. The SMILES string of the molecule is CC(C)NC(=O)c1ccnc(C(=O)Nc2ccc(Cl)cc2Cl)c1. The Hall–Kier alpha value is -2.11. The molecule has 0 atom stereocenters. The number of nitrogens with one attached hydrogen (secondary N) is 2. The van der Waals surface area contributed by atoms with E-state index in [1.165, 1.54) is 18.3 Å². The summed E-state index contributed by atoms with van der Waals surface area (Å²) >= 11 is 11.8. The number of rotatable bonds is 4. The van der Waals surface area contributed by atoms with Crippen LogP contribution in [0.1, 0.15) is 34.7 Å². The van der Waals surface area contributed by atoms with Gasteiger partial charge in [0.05, 0.1) is 10.7 Å². The van der Waals surface area contributed by atoms with Crippen LogP contribution in [-0.2, 0) is 0 Å². The molecule has 5 nitrogen and oxygen atoms in total. The van der Waals surface area contributed by atoms with E-state index in [-0.39, 0.29) is 17.6 Å². The number of halogens is 2. The number of pyridine rings is 1. The number of aromatic nitrogens is 1. The molecule has 0 aliphatic heterocycles. The molecule has 23 heavy (non-hydrogen) atoms. The zero-order valence-corrected chi connectivity index (χ0v) is 14.1. The lowest BCUT2D eigenvalue weighted by atomic mass is 10.2. The van der Waals surface area contributed by atoms with Crippen molar-refractivity contribution in [2.24, 2.45) is 0 Å². The quantitative estimate of drug-likeness (QED) is 0.880. The first kappa shape index (κ1) is 17.2. The minimum absolute atomic E-state index is 0.000755. The normalized spacial score (nSPS) is 10.5. The Balaban J connectivity index is 2.18. The van der Waals surface area contributed by atoms with E-state index in [1.807, 2.05) is 13.8 Å². The predicted molar refractivity (Wildman–Crippen MR) is 91.3 cm³/mol. The van der Waals surface area contributed by atoms with Gasteiger partial charge in [0.1, 0.15) is 5.69 Å². The van der Waals surface area contributed by atoms with Gasteiger partial charge in [-0.15, -0.1) is 0 Å². The monoisotopic (exact) mass is 351 g/mol. The topological polar surface area (TPSA) is 71.1 Å². The molecule has 1 aromatic heterocycles. The fourth-order valence-electron chi connectivity index (χ4n) is 1.82. The highest BCUT2D eigenvalue weighted by Crippen LogP contribution is 2.25. The third-order valence-electron chi connectivity index (χ3n) is 2.85. The Morgan fingerprint density at radius 3 is 2.48 bits per heavy atom. The maximum atomic E-state index is 12.3. The molecule has 1 heterocycles. The van der Waals surface area contributed by atoms with Crippen molar-refractivity contribution < 1.29 is 9.59 Å². The average molecular weight is 352 g/mol. The Morgan fingerprint density at radius 1 is 1.09 bits per heavy atom. The van der Waals surface area contributed by atoms with Gasteiger partial charge in [-0.05, 0) is 44.2 Å². The van der Waals surface area contributed by atoms with E-state index < -0.39 is 5.91 Å². The zero-order valence-electron chi connectivity index (χ0n) is 12.6. The molecule has 2 amide bonds. The average Bonchev–Trinajstić information content (AvgIpc) is 2.49. The number of anilines is 1. The van der Waals surface area contributed by atoms with Crippen molar-refractivity contribution in [1.29, 1.82) is 0 Å². The highest BCUT2D eigenvalue weighted by atomic mass is 35.5. The summed E-state index contributed by atoms with van der Waals surface area (Å²) in [6.07, 6.45) is 1.41. The fraction of sp³-hybridized carbons (Fsp3) is 0.188. The van der Waals surface area contributed by atoms with E-state index in [0.29, 0.717) is 21.3 Å². The van der Waals surface area contributed by atoms with Gasteiger partial charge >= 0.3 is 0 Å².